The summed E-state index contributed by atoms with van der Waals surface area (Å²) >= 11 is 5.80. The van der Waals surface area contributed by atoms with Crippen LogP contribution in [-0.4, -0.2) is 11.8 Å². The van der Waals surface area contributed by atoms with E-state index in [0.29, 0.717) is 0 Å². The Morgan fingerprint density at radius 1 is 1.00 bits per heavy atom. The molecule has 2 amide bonds. The van der Waals surface area contributed by atoms with Crippen LogP contribution in [0.3, 0.4) is 0 Å². The number of carbonyl (C=O) groups excluding carboxylic acids is 2. The highest BCUT2D eigenvalue weighted by Gasteiger charge is 2.13. The van der Waals surface area contributed by atoms with Crippen molar-refractivity contribution >= 4 is 23.4 Å². The van der Waals surface area contributed by atoms with E-state index in [0.717, 1.165) is 12.1 Å². The largest absolute Gasteiger partial charge is 0.273 e. The van der Waals surface area contributed by atoms with Gasteiger partial charge in [-0.25, -0.2) is 8.78 Å². The molecule has 0 heterocycles. The van der Waals surface area contributed by atoms with Crippen LogP contribution in [0, 0.1) is 11.6 Å². The molecule has 114 valence electrons. The normalized spacial score (nSPS) is 10.1. The molecule has 0 atom stereocenters. The Morgan fingerprint density at radius 2 is 1.68 bits per heavy atom. The molecule has 2 rings (SSSR count). The van der Waals surface area contributed by atoms with E-state index in [1.807, 2.05) is 0 Å². The second kappa shape index (κ2) is 7.00. The van der Waals surface area contributed by atoms with E-state index >= 15 is 0 Å². The van der Waals surface area contributed by atoms with Gasteiger partial charge in [-0.05, 0) is 36.4 Å². The van der Waals surface area contributed by atoms with Crippen molar-refractivity contribution in [2.24, 2.45) is 0 Å². The molecule has 4 nitrogen and oxygen atoms in total. The second-order valence-electron chi connectivity index (χ2n) is 4.39. The van der Waals surface area contributed by atoms with Crippen LogP contribution >= 0.6 is 11.6 Å². The number of nitrogens with one attached hydrogen (secondary N) is 2. The van der Waals surface area contributed by atoms with Gasteiger partial charge >= 0.3 is 0 Å². The van der Waals surface area contributed by atoms with Gasteiger partial charge in [-0.2, -0.15) is 0 Å². The highest BCUT2D eigenvalue weighted by molar-refractivity contribution is 6.31. The van der Waals surface area contributed by atoms with E-state index in [-0.39, 0.29) is 22.6 Å². The van der Waals surface area contributed by atoms with E-state index in [2.05, 4.69) is 10.9 Å². The Morgan fingerprint density at radius 3 is 2.32 bits per heavy atom. The summed E-state index contributed by atoms with van der Waals surface area (Å²) in [4.78, 5) is 23.4. The number of hydrogen-bond acceptors (Lipinski definition) is 2. The van der Waals surface area contributed by atoms with Crippen molar-refractivity contribution in [2.45, 2.75) is 6.42 Å². The summed E-state index contributed by atoms with van der Waals surface area (Å²) in [5.74, 6) is -2.34. The number of hydrazine groups is 1. The number of hydrogen-bond donors (Lipinski definition) is 2. The van der Waals surface area contributed by atoms with Crippen molar-refractivity contribution in [3.8, 4) is 0 Å². The van der Waals surface area contributed by atoms with Gasteiger partial charge in [0.2, 0.25) is 5.91 Å². The molecule has 0 bridgehead atoms. The first kappa shape index (κ1) is 15.9. The predicted molar refractivity (Wildman–Crippen MR) is 77.1 cm³/mol. The Bertz CT molecular complexity index is 685. The number of halogens is 3. The third-order valence-electron chi connectivity index (χ3n) is 2.82. The fraction of sp³-hybridized carbons (Fsp3) is 0.0667. The maximum Gasteiger partial charge on any atom is 0.269 e. The Kier molecular flexibility index (Phi) is 5.06. The van der Waals surface area contributed by atoms with Crippen LogP contribution in [0.4, 0.5) is 8.78 Å². The van der Waals surface area contributed by atoms with Crippen LogP contribution in [0.2, 0.25) is 5.02 Å². The maximum atomic E-state index is 13.5. The zero-order chi connectivity index (χ0) is 16.1. The van der Waals surface area contributed by atoms with E-state index in [1.54, 1.807) is 0 Å². The minimum Gasteiger partial charge on any atom is -0.273 e. The summed E-state index contributed by atoms with van der Waals surface area (Å²) in [5, 5.41) is 0.125. The van der Waals surface area contributed by atoms with E-state index in [4.69, 9.17) is 11.6 Å². The lowest BCUT2D eigenvalue weighted by molar-refractivity contribution is -0.121. The fourth-order valence-electron chi connectivity index (χ4n) is 1.71. The average molecular weight is 325 g/mol. The van der Waals surface area contributed by atoms with Crippen LogP contribution in [0.5, 0.6) is 0 Å². The minimum atomic E-state index is -0.637. The third-order valence-corrected chi connectivity index (χ3v) is 3.17. The van der Waals surface area contributed by atoms with Gasteiger partial charge in [0.1, 0.15) is 11.6 Å². The topological polar surface area (TPSA) is 58.2 Å². The lowest BCUT2D eigenvalue weighted by Crippen LogP contribution is -2.42. The van der Waals surface area contributed by atoms with Gasteiger partial charge in [0.15, 0.2) is 0 Å². The monoisotopic (exact) mass is 324 g/mol. The minimum absolute atomic E-state index is 0.0395. The molecule has 2 aromatic rings. The number of carbonyl (C=O) groups is 2. The van der Waals surface area contributed by atoms with Crippen LogP contribution < -0.4 is 10.9 Å². The van der Waals surface area contributed by atoms with Gasteiger partial charge in [-0.1, -0.05) is 17.7 Å². The van der Waals surface area contributed by atoms with Crippen LogP contribution in [0.1, 0.15) is 15.9 Å². The van der Waals surface area contributed by atoms with Gasteiger partial charge < -0.3 is 0 Å². The first-order valence-corrected chi connectivity index (χ1v) is 6.63. The molecule has 7 heteroatoms. The average Bonchev–Trinajstić information content (AvgIpc) is 2.49. The van der Waals surface area contributed by atoms with Gasteiger partial charge in [0.05, 0.1) is 6.42 Å². The lowest BCUT2D eigenvalue weighted by Gasteiger charge is -2.09. The highest BCUT2D eigenvalue weighted by Crippen LogP contribution is 2.19. The quantitative estimate of drug-likeness (QED) is 0.853. The summed E-state index contributed by atoms with van der Waals surface area (Å²) in [6, 6.07) is 8.85. The molecule has 0 saturated carbocycles. The fourth-order valence-corrected chi connectivity index (χ4v) is 1.94. The van der Waals surface area contributed by atoms with Crippen molar-refractivity contribution in [1.29, 1.82) is 0 Å². The Labute approximate surface area is 130 Å². The van der Waals surface area contributed by atoms with Gasteiger partial charge in [-0.15, -0.1) is 0 Å². The number of amides is 2. The molecule has 2 N–H and O–H groups in total. The molecule has 0 saturated heterocycles. The van der Waals surface area contributed by atoms with Crippen molar-refractivity contribution in [2.75, 3.05) is 0 Å². The number of rotatable bonds is 3. The van der Waals surface area contributed by atoms with E-state index in [9.17, 15) is 18.4 Å². The summed E-state index contributed by atoms with van der Waals surface area (Å²) in [7, 11) is 0. The summed E-state index contributed by atoms with van der Waals surface area (Å²) in [6.07, 6.45) is -0.324. The summed E-state index contributed by atoms with van der Waals surface area (Å²) < 4.78 is 26.3. The molecule has 2 aromatic carbocycles. The molecule has 0 aliphatic heterocycles. The van der Waals surface area contributed by atoms with Crippen LogP contribution in [0.25, 0.3) is 0 Å². The zero-order valence-electron chi connectivity index (χ0n) is 11.2. The standard InChI is InChI=1S/C15H11ClF2N2O2/c16-12-2-1-3-13(18)11(12)8-14(21)19-20-15(22)9-4-6-10(17)7-5-9/h1-7H,8H2,(H,19,21)(H,20,22). The van der Waals surface area contributed by atoms with E-state index < -0.39 is 23.4 Å². The Hall–Kier alpha value is -2.47. The van der Waals surface area contributed by atoms with Crippen LogP contribution in [0.15, 0.2) is 42.5 Å². The summed E-state index contributed by atoms with van der Waals surface area (Å²) in [6.45, 7) is 0. The maximum absolute atomic E-state index is 13.5. The summed E-state index contributed by atoms with van der Waals surface area (Å²) in [5.41, 5.74) is 4.50. The SMILES string of the molecule is O=C(Cc1c(F)cccc1Cl)NNC(=O)c1ccc(F)cc1. The molecule has 0 aliphatic carbocycles. The van der Waals surface area contributed by atoms with Crippen molar-refractivity contribution < 1.29 is 18.4 Å². The molecule has 0 aromatic heterocycles. The molecule has 0 radical (unpaired) electrons. The van der Waals surface area contributed by atoms with Crippen molar-refractivity contribution in [3.63, 3.8) is 0 Å². The van der Waals surface area contributed by atoms with Crippen LogP contribution in [-0.2, 0) is 11.2 Å². The molecular weight excluding hydrogens is 314 g/mol. The predicted octanol–water partition coefficient (Wildman–Crippen LogP) is 2.62. The molecule has 22 heavy (non-hydrogen) atoms. The molecule has 0 fully saturated rings. The van der Waals surface area contributed by atoms with Gasteiger partial charge in [-0.3, -0.25) is 20.4 Å². The third kappa shape index (κ3) is 4.02. The molecule has 0 unspecified atom stereocenters. The smallest absolute Gasteiger partial charge is 0.269 e. The Balaban J connectivity index is 1.93. The molecule has 0 aliphatic rings. The lowest BCUT2D eigenvalue weighted by atomic mass is 10.1. The van der Waals surface area contributed by atoms with Gasteiger partial charge in [0.25, 0.3) is 5.91 Å². The van der Waals surface area contributed by atoms with E-state index in [1.165, 1.54) is 30.3 Å². The highest BCUT2D eigenvalue weighted by atomic mass is 35.5. The van der Waals surface area contributed by atoms with Crippen molar-refractivity contribution in [1.82, 2.24) is 10.9 Å². The van der Waals surface area contributed by atoms with Gasteiger partial charge in [0, 0.05) is 16.1 Å². The first-order chi connectivity index (χ1) is 10.5. The first-order valence-electron chi connectivity index (χ1n) is 6.25. The zero-order valence-corrected chi connectivity index (χ0v) is 12.0. The number of benzene rings is 2. The van der Waals surface area contributed by atoms with Crippen molar-refractivity contribution in [3.05, 3.63) is 70.2 Å². The second-order valence-corrected chi connectivity index (χ2v) is 4.79. The molecule has 0 spiro atoms. The molecular formula is C15H11ClF2N2O2.